The molecule has 0 atom stereocenters. The van der Waals surface area contributed by atoms with E-state index in [1.54, 1.807) is 19.9 Å². The zero-order chi connectivity index (χ0) is 14.9. The molecule has 0 radical (unpaired) electrons. The summed E-state index contributed by atoms with van der Waals surface area (Å²) in [6.45, 7) is 3.54. The van der Waals surface area contributed by atoms with Crippen molar-refractivity contribution in [1.29, 1.82) is 0 Å². The van der Waals surface area contributed by atoms with Gasteiger partial charge in [0.15, 0.2) is 5.69 Å². The standard InChI is InChI=1S/C12H12N4O4/c1-3-9-11(12(17)18)13-14-15(9)10-6-8(16(19)20)5-4-7(10)2/h4-6H,3H2,1-2H3,(H,17,18). The van der Waals surface area contributed by atoms with E-state index in [1.165, 1.54) is 16.8 Å². The number of carboxylic acids is 1. The number of carboxylic acid groups (broad SMARTS) is 1. The fourth-order valence-corrected chi connectivity index (χ4v) is 1.92. The molecule has 1 N–H and O–H groups in total. The number of aromatic nitrogens is 3. The molecule has 0 spiro atoms. The predicted molar refractivity (Wildman–Crippen MR) is 69.1 cm³/mol. The molecule has 0 saturated heterocycles. The summed E-state index contributed by atoms with van der Waals surface area (Å²) in [7, 11) is 0. The Labute approximate surface area is 113 Å². The summed E-state index contributed by atoms with van der Waals surface area (Å²) in [5, 5.41) is 27.3. The van der Waals surface area contributed by atoms with Gasteiger partial charge in [-0.1, -0.05) is 18.2 Å². The second-order valence-corrected chi connectivity index (χ2v) is 4.18. The summed E-state index contributed by atoms with van der Waals surface area (Å²) < 4.78 is 1.34. The smallest absolute Gasteiger partial charge is 0.358 e. The van der Waals surface area contributed by atoms with Crippen LogP contribution in [-0.4, -0.2) is 31.0 Å². The molecule has 0 aliphatic rings. The average molecular weight is 276 g/mol. The number of hydrogen-bond acceptors (Lipinski definition) is 5. The van der Waals surface area contributed by atoms with E-state index in [-0.39, 0.29) is 11.4 Å². The lowest BCUT2D eigenvalue weighted by atomic mass is 10.1. The Morgan fingerprint density at radius 3 is 2.75 bits per heavy atom. The highest BCUT2D eigenvalue weighted by Crippen LogP contribution is 2.22. The monoisotopic (exact) mass is 276 g/mol. The lowest BCUT2D eigenvalue weighted by molar-refractivity contribution is -0.384. The van der Waals surface area contributed by atoms with Crippen LogP contribution in [0.4, 0.5) is 5.69 Å². The minimum atomic E-state index is -1.17. The zero-order valence-electron chi connectivity index (χ0n) is 10.9. The maximum atomic E-state index is 11.1. The molecule has 0 saturated carbocycles. The van der Waals surface area contributed by atoms with Crippen molar-refractivity contribution in [3.8, 4) is 5.69 Å². The van der Waals surface area contributed by atoms with Gasteiger partial charge in [0.05, 0.1) is 16.3 Å². The van der Waals surface area contributed by atoms with E-state index in [2.05, 4.69) is 10.3 Å². The van der Waals surface area contributed by atoms with Crippen molar-refractivity contribution in [3.05, 3.63) is 45.3 Å². The predicted octanol–water partition coefficient (Wildman–Crippen LogP) is 1.74. The van der Waals surface area contributed by atoms with Gasteiger partial charge in [-0.2, -0.15) is 0 Å². The molecule has 8 heteroatoms. The molecule has 8 nitrogen and oxygen atoms in total. The van der Waals surface area contributed by atoms with Crippen LogP contribution in [0, 0.1) is 17.0 Å². The topological polar surface area (TPSA) is 111 Å². The zero-order valence-corrected chi connectivity index (χ0v) is 10.9. The summed E-state index contributed by atoms with van der Waals surface area (Å²) in [5.41, 5.74) is 1.38. The first-order chi connectivity index (χ1) is 9.45. The average Bonchev–Trinajstić information content (AvgIpc) is 2.82. The van der Waals surface area contributed by atoms with Gasteiger partial charge in [-0.25, -0.2) is 9.48 Å². The molecule has 1 heterocycles. The molecule has 20 heavy (non-hydrogen) atoms. The van der Waals surface area contributed by atoms with E-state index in [9.17, 15) is 14.9 Å². The van der Waals surface area contributed by atoms with Crippen molar-refractivity contribution in [2.24, 2.45) is 0 Å². The summed E-state index contributed by atoms with van der Waals surface area (Å²) in [4.78, 5) is 21.4. The molecular weight excluding hydrogens is 264 g/mol. The summed E-state index contributed by atoms with van der Waals surface area (Å²) in [6.07, 6.45) is 0.400. The molecule has 1 aromatic heterocycles. The number of nitrogens with zero attached hydrogens (tertiary/aromatic N) is 4. The van der Waals surface area contributed by atoms with Crippen LogP contribution in [-0.2, 0) is 6.42 Å². The van der Waals surface area contributed by atoms with Crippen LogP contribution in [0.1, 0.15) is 28.7 Å². The number of nitro benzene ring substituents is 1. The molecule has 0 amide bonds. The van der Waals surface area contributed by atoms with Crippen molar-refractivity contribution in [3.63, 3.8) is 0 Å². The first-order valence-corrected chi connectivity index (χ1v) is 5.89. The Bertz CT molecular complexity index is 693. The van der Waals surface area contributed by atoms with E-state index in [0.29, 0.717) is 17.8 Å². The molecule has 0 unspecified atom stereocenters. The number of benzene rings is 1. The van der Waals surface area contributed by atoms with Gasteiger partial charge in [-0.3, -0.25) is 10.1 Å². The third-order valence-corrected chi connectivity index (χ3v) is 2.93. The van der Waals surface area contributed by atoms with Crippen molar-refractivity contribution in [2.75, 3.05) is 0 Å². The summed E-state index contributed by atoms with van der Waals surface area (Å²) in [6, 6.07) is 4.34. The van der Waals surface area contributed by atoms with Crippen molar-refractivity contribution < 1.29 is 14.8 Å². The van der Waals surface area contributed by atoms with Crippen molar-refractivity contribution >= 4 is 11.7 Å². The lowest BCUT2D eigenvalue weighted by Gasteiger charge is -2.08. The number of hydrogen-bond donors (Lipinski definition) is 1. The Morgan fingerprint density at radius 1 is 1.50 bits per heavy atom. The Hall–Kier alpha value is -2.77. The van der Waals surface area contributed by atoms with Gasteiger partial charge in [0.2, 0.25) is 0 Å². The Morgan fingerprint density at radius 2 is 2.20 bits per heavy atom. The number of non-ortho nitro benzene ring substituents is 1. The summed E-state index contributed by atoms with van der Waals surface area (Å²) >= 11 is 0. The summed E-state index contributed by atoms with van der Waals surface area (Å²) in [5.74, 6) is -1.17. The van der Waals surface area contributed by atoms with Crippen molar-refractivity contribution in [2.45, 2.75) is 20.3 Å². The van der Waals surface area contributed by atoms with Gasteiger partial charge in [0, 0.05) is 12.1 Å². The van der Waals surface area contributed by atoms with E-state index >= 15 is 0 Å². The number of aromatic carboxylic acids is 1. The van der Waals surface area contributed by atoms with Crippen LogP contribution in [0.25, 0.3) is 5.69 Å². The molecule has 0 bridgehead atoms. The lowest BCUT2D eigenvalue weighted by Crippen LogP contribution is -2.07. The Balaban J connectivity index is 2.65. The number of nitro groups is 1. The fraction of sp³-hybridized carbons (Fsp3) is 0.250. The SMILES string of the molecule is CCc1c(C(=O)O)nnn1-c1cc([N+](=O)[O-])ccc1C. The van der Waals surface area contributed by atoms with Crippen LogP contribution in [0.3, 0.4) is 0 Å². The van der Waals surface area contributed by atoms with Gasteiger partial charge in [-0.05, 0) is 18.9 Å². The maximum absolute atomic E-state index is 11.1. The molecule has 0 fully saturated rings. The molecule has 0 aliphatic heterocycles. The molecule has 104 valence electrons. The highest BCUT2D eigenvalue weighted by molar-refractivity contribution is 5.86. The first kappa shape index (κ1) is 13.7. The highest BCUT2D eigenvalue weighted by atomic mass is 16.6. The largest absolute Gasteiger partial charge is 0.476 e. The normalized spacial score (nSPS) is 10.5. The molecule has 2 aromatic rings. The second-order valence-electron chi connectivity index (χ2n) is 4.18. The number of carbonyl (C=O) groups is 1. The second kappa shape index (κ2) is 5.08. The molecular formula is C12H12N4O4. The highest BCUT2D eigenvalue weighted by Gasteiger charge is 2.20. The van der Waals surface area contributed by atoms with Gasteiger partial charge in [0.1, 0.15) is 0 Å². The van der Waals surface area contributed by atoms with Crippen LogP contribution in [0.5, 0.6) is 0 Å². The number of aryl methyl sites for hydroxylation is 1. The van der Waals surface area contributed by atoms with Gasteiger partial charge < -0.3 is 5.11 Å². The third kappa shape index (κ3) is 2.22. The maximum Gasteiger partial charge on any atom is 0.358 e. The van der Waals surface area contributed by atoms with Crippen LogP contribution in [0.15, 0.2) is 18.2 Å². The first-order valence-electron chi connectivity index (χ1n) is 5.89. The number of rotatable bonds is 4. The van der Waals surface area contributed by atoms with E-state index in [0.717, 1.165) is 5.56 Å². The van der Waals surface area contributed by atoms with Gasteiger partial charge in [0.25, 0.3) is 5.69 Å². The van der Waals surface area contributed by atoms with E-state index in [4.69, 9.17) is 5.11 Å². The Kier molecular flexibility index (Phi) is 3.47. The van der Waals surface area contributed by atoms with Crippen LogP contribution < -0.4 is 0 Å². The molecule has 0 aliphatic carbocycles. The minimum Gasteiger partial charge on any atom is -0.476 e. The van der Waals surface area contributed by atoms with Gasteiger partial charge >= 0.3 is 5.97 Å². The molecule has 1 aromatic carbocycles. The van der Waals surface area contributed by atoms with E-state index in [1.807, 2.05) is 0 Å². The van der Waals surface area contributed by atoms with Crippen LogP contribution in [0.2, 0.25) is 0 Å². The van der Waals surface area contributed by atoms with Crippen LogP contribution >= 0.6 is 0 Å². The third-order valence-electron chi connectivity index (χ3n) is 2.93. The fourth-order valence-electron chi connectivity index (χ4n) is 1.92. The van der Waals surface area contributed by atoms with E-state index < -0.39 is 10.9 Å². The quantitative estimate of drug-likeness (QED) is 0.672. The van der Waals surface area contributed by atoms with Crippen molar-refractivity contribution in [1.82, 2.24) is 15.0 Å². The molecule has 2 rings (SSSR count). The minimum absolute atomic E-state index is 0.0833. The van der Waals surface area contributed by atoms with Gasteiger partial charge in [-0.15, -0.1) is 5.10 Å².